The summed E-state index contributed by atoms with van der Waals surface area (Å²) in [6.45, 7) is 0.507. The van der Waals surface area contributed by atoms with Gasteiger partial charge in [0, 0.05) is 17.3 Å². The average molecular weight is 292 g/mol. The van der Waals surface area contributed by atoms with Crippen LogP contribution >= 0.6 is 11.6 Å². The first-order valence-electron chi connectivity index (χ1n) is 7.05. The molecule has 1 aromatic carbocycles. The molecule has 20 heavy (non-hydrogen) atoms. The van der Waals surface area contributed by atoms with Crippen LogP contribution in [0.5, 0.6) is 0 Å². The highest BCUT2D eigenvalue weighted by Crippen LogP contribution is 2.30. The van der Waals surface area contributed by atoms with E-state index < -0.39 is 5.60 Å². The van der Waals surface area contributed by atoms with Crippen LogP contribution in [0.2, 0.25) is 5.15 Å². The van der Waals surface area contributed by atoms with Gasteiger partial charge in [0.15, 0.2) is 11.0 Å². The van der Waals surface area contributed by atoms with Gasteiger partial charge < -0.3 is 10.4 Å². The minimum atomic E-state index is -0.624. The number of aliphatic hydroxyl groups is 1. The molecule has 1 heterocycles. The van der Waals surface area contributed by atoms with E-state index >= 15 is 0 Å². The number of hydrogen-bond donors (Lipinski definition) is 2. The van der Waals surface area contributed by atoms with Crippen molar-refractivity contribution in [2.45, 2.75) is 37.7 Å². The smallest absolute Gasteiger partial charge is 0.159 e. The van der Waals surface area contributed by atoms with Gasteiger partial charge in [-0.3, -0.25) is 0 Å². The van der Waals surface area contributed by atoms with E-state index in [2.05, 4.69) is 15.5 Å². The number of nitrogens with zero attached hydrogens (tertiary/aromatic N) is 2. The second kappa shape index (κ2) is 5.54. The largest absolute Gasteiger partial charge is 0.388 e. The van der Waals surface area contributed by atoms with Gasteiger partial charge in [-0.15, -0.1) is 10.2 Å². The molecule has 0 radical (unpaired) electrons. The van der Waals surface area contributed by atoms with Crippen molar-refractivity contribution in [3.05, 3.63) is 29.4 Å². The first kappa shape index (κ1) is 13.6. The molecule has 5 heteroatoms. The Bertz CT molecular complexity index is 611. The van der Waals surface area contributed by atoms with Crippen LogP contribution in [0.25, 0.3) is 10.8 Å². The quantitative estimate of drug-likeness (QED) is 0.910. The maximum Gasteiger partial charge on any atom is 0.159 e. The van der Waals surface area contributed by atoms with Crippen molar-refractivity contribution in [2.75, 3.05) is 11.9 Å². The molecule has 106 valence electrons. The lowest BCUT2D eigenvalue weighted by molar-refractivity contribution is 0.0167. The summed E-state index contributed by atoms with van der Waals surface area (Å²) in [5, 5.41) is 24.1. The van der Waals surface area contributed by atoms with E-state index in [1.54, 1.807) is 0 Å². The Morgan fingerprint density at radius 1 is 1.10 bits per heavy atom. The zero-order valence-electron chi connectivity index (χ0n) is 11.3. The minimum absolute atomic E-state index is 0.405. The minimum Gasteiger partial charge on any atom is -0.388 e. The summed E-state index contributed by atoms with van der Waals surface area (Å²) in [5.41, 5.74) is -0.624. The van der Waals surface area contributed by atoms with Crippen LogP contribution in [0.15, 0.2) is 24.3 Å². The van der Waals surface area contributed by atoms with E-state index in [4.69, 9.17) is 11.6 Å². The summed E-state index contributed by atoms with van der Waals surface area (Å²) in [5.74, 6) is 0.684. The lowest BCUT2D eigenvalue weighted by Gasteiger charge is -2.32. The Balaban J connectivity index is 1.82. The summed E-state index contributed by atoms with van der Waals surface area (Å²) >= 11 is 6.05. The molecule has 0 spiro atoms. The fourth-order valence-electron chi connectivity index (χ4n) is 2.84. The Labute approximate surface area is 123 Å². The molecular weight excluding hydrogens is 274 g/mol. The van der Waals surface area contributed by atoms with Gasteiger partial charge in [0.25, 0.3) is 0 Å². The van der Waals surface area contributed by atoms with Gasteiger partial charge in [0.1, 0.15) is 0 Å². The maximum atomic E-state index is 10.5. The van der Waals surface area contributed by atoms with E-state index in [1.807, 2.05) is 24.3 Å². The van der Waals surface area contributed by atoms with E-state index in [9.17, 15) is 5.11 Å². The number of anilines is 1. The van der Waals surface area contributed by atoms with Gasteiger partial charge in [-0.25, -0.2) is 0 Å². The monoisotopic (exact) mass is 291 g/mol. The fraction of sp³-hybridized carbons (Fsp3) is 0.467. The van der Waals surface area contributed by atoms with Gasteiger partial charge in [0.05, 0.1) is 5.60 Å². The zero-order valence-corrected chi connectivity index (χ0v) is 12.0. The molecule has 0 atom stereocenters. The highest BCUT2D eigenvalue weighted by Gasteiger charge is 2.29. The number of hydrogen-bond acceptors (Lipinski definition) is 4. The maximum absolute atomic E-state index is 10.5. The van der Waals surface area contributed by atoms with Crippen molar-refractivity contribution in [2.24, 2.45) is 0 Å². The Hall–Kier alpha value is -1.39. The molecule has 0 saturated heterocycles. The lowest BCUT2D eigenvalue weighted by Crippen LogP contribution is -2.39. The first-order chi connectivity index (χ1) is 9.68. The summed E-state index contributed by atoms with van der Waals surface area (Å²) in [6.07, 6.45) is 5.08. The molecule has 1 fully saturated rings. The molecular formula is C15H18ClN3O. The molecule has 2 N–H and O–H groups in total. The van der Waals surface area contributed by atoms with Crippen LogP contribution < -0.4 is 5.32 Å². The van der Waals surface area contributed by atoms with Gasteiger partial charge in [0.2, 0.25) is 0 Å². The molecule has 1 saturated carbocycles. The normalized spacial score (nSPS) is 18.1. The van der Waals surface area contributed by atoms with Crippen molar-refractivity contribution in [1.82, 2.24) is 10.2 Å². The van der Waals surface area contributed by atoms with Crippen LogP contribution in [0.3, 0.4) is 0 Å². The number of rotatable bonds is 3. The predicted octanol–water partition coefficient (Wildman–Crippen LogP) is 3.39. The van der Waals surface area contributed by atoms with Gasteiger partial charge in [-0.05, 0) is 12.8 Å². The number of nitrogens with one attached hydrogen (secondary N) is 1. The molecule has 1 aliphatic carbocycles. The molecule has 1 aromatic heterocycles. The third-order valence-corrected chi connectivity index (χ3v) is 4.29. The molecule has 2 aromatic rings. The third-order valence-electron chi connectivity index (χ3n) is 4.01. The van der Waals surface area contributed by atoms with Crippen LogP contribution in [0.1, 0.15) is 32.1 Å². The SMILES string of the molecule is OC1(CNc2nnc(Cl)c3ccccc23)CCCCC1. The van der Waals surface area contributed by atoms with E-state index in [0.717, 1.165) is 36.5 Å². The van der Waals surface area contributed by atoms with Crippen LogP contribution in [0.4, 0.5) is 5.82 Å². The fourth-order valence-corrected chi connectivity index (χ4v) is 3.04. The molecule has 1 aliphatic rings. The molecule has 0 aliphatic heterocycles. The van der Waals surface area contributed by atoms with Gasteiger partial charge in [-0.1, -0.05) is 55.1 Å². The Kier molecular flexibility index (Phi) is 3.76. The molecule has 0 amide bonds. The van der Waals surface area contributed by atoms with Crippen LogP contribution in [-0.4, -0.2) is 27.4 Å². The summed E-state index contributed by atoms with van der Waals surface area (Å²) in [6, 6.07) is 7.76. The van der Waals surface area contributed by atoms with Crippen molar-refractivity contribution in [3.63, 3.8) is 0 Å². The molecule has 3 rings (SSSR count). The van der Waals surface area contributed by atoms with E-state index in [1.165, 1.54) is 6.42 Å². The van der Waals surface area contributed by atoms with Crippen molar-refractivity contribution in [1.29, 1.82) is 0 Å². The van der Waals surface area contributed by atoms with Crippen LogP contribution in [-0.2, 0) is 0 Å². The van der Waals surface area contributed by atoms with Crippen LogP contribution in [0, 0.1) is 0 Å². The second-order valence-electron chi connectivity index (χ2n) is 5.52. The summed E-state index contributed by atoms with van der Waals surface area (Å²) < 4.78 is 0. The highest BCUT2D eigenvalue weighted by atomic mass is 35.5. The Morgan fingerprint density at radius 3 is 2.55 bits per heavy atom. The van der Waals surface area contributed by atoms with E-state index in [-0.39, 0.29) is 0 Å². The number of fused-ring (bicyclic) bond motifs is 1. The van der Waals surface area contributed by atoms with Crippen molar-refractivity contribution >= 4 is 28.2 Å². The molecule has 4 nitrogen and oxygen atoms in total. The standard InChI is InChI=1S/C15H18ClN3O/c16-13-11-6-2-3-7-12(11)14(19-18-13)17-10-15(20)8-4-1-5-9-15/h2-3,6-7,20H,1,4-5,8-10H2,(H,17,19). The average Bonchev–Trinajstić information content (AvgIpc) is 2.48. The predicted molar refractivity (Wildman–Crippen MR) is 81.1 cm³/mol. The Morgan fingerprint density at radius 2 is 1.80 bits per heavy atom. The lowest BCUT2D eigenvalue weighted by atomic mass is 9.85. The summed E-state index contributed by atoms with van der Waals surface area (Å²) in [4.78, 5) is 0. The molecule has 0 bridgehead atoms. The third kappa shape index (κ3) is 2.72. The summed E-state index contributed by atoms with van der Waals surface area (Å²) in [7, 11) is 0. The number of aromatic nitrogens is 2. The highest BCUT2D eigenvalue weighted by molar-refractivity contribution is 6.34. The van der Waals surface area contributed by atoms with E-state index in [0.29, 0.717) is 17.5 Å². The molecule has 0 unspecified atom stereocenters. The van der Waals surface area contributed by atoms with Gasteiger partial charge >= 0.3 is 0 Å². The van der Waals surface area contributed by atoms with Gasteiger partial charge in [-0.2, -0.15) is 0 Å². The zero-order chi connectivity index (χ0) is 14.0. The topological polar surface area (TPSA) is 58.0 Å². The number of halogens is 1. The van der Waals surface area contributed by atoms with Crippen molar-refractivity contribution < 1.29 is 5.11 Å². The number of benzene rings is 1. The first-order valence-corrected chi connectivity index (χ1v) is 7.43. The van der Waals surface area contributed by atoms with Crippen molar-refractivity contribution in [3.8, 4) is 0 Å². The second-order valence-corrected chi connectivity index (χ2v) is 5.88.